The van der Waals surface area contributed by atoms with Crippen molar-refractivity contribution in [3.8, 4) is 0 Å². The van der Waals surface area contributed by atoms with E-state index in [0.29, 0.717) is 0 Å². The van der Waals surface area contributed by atoms with Gasteiger partial charge in [0.25, 0.3) is 5.69 Å². The summed E-state index contributed by atoms with van der Waals surface area (Å²) >= 11 is 5.62. The number of hydrogen-bond donors (Lipinski definition) is 0. The maximum absolute atomic E-state index is 13.2. The van der Waals surface area contributed by atoms with E-state index in [1.807, 2.05) is 0 Å². The second-order valence-electron chi connectivity index (χ2n) is 2.99. The number of carbonyl (C=O) groups is 1. The maximum atomic E-state index is 13.2. The van der Waals surface area contributed by atoms with E-state index >= 15 is 0 Å². The zero-order valence-electron chi connectivity index (χ0n) is 7.79. The van der Waals surface area contributed by atoms with Gasteiger partial charge < -0.3 is 0 Å². The van der Waals surface area contributed by atoms with Gasteiger partial charge in [0.2, 0.25) is 0 Å². The molecule has 0 bridgehead atoms. The summed E-state index contributed by atoms with van der Waals surface area (Å²) in [6.07, 6.45) is -0.244. The van der Waals surface area contributed by atoms with Crippen LogP contribution in [0.25, 0.3) is 0 Å². The molecule has 0 heterocycles. The van der Waals surface area contributed by atoms with E-state index < -0.39 is 16.4 Å². The first kappa shape index (κ1) is 11.6. The number of benzene rings is 1. The van der Waals surface area contributed by atoms with Gasteiger partial charge in [-0.3, -0.25) is 14.9 Å². The molecule has 1 aromatic rings. The molecule has 0 saturated heterocycles. The van der Waals surface area contributed by atoms with Crippen LogP contribution in [0.2, 0.25) is 5.02 Å². The first-order chi connectivity index (χ1) is 6.93. The van der Waals surface area contributed by atoms with Gasteiger partial charge in [-0.05, 0) is 13.0 Å². The Morgan fingerprint density at radius 3 is 2.67 bits per heavy atom. The van der Waals surface area contributed by atoms with E-state index in [4.69, 9.17) is 11.6 Å². The largest absolute Gasteiger partial charge is 0.300 e. The van der Waals surface area contributed by atoms with E-state index in [2.05, 4.69) is 0 Å². The number of nitro benzene ring substituents is 1. The Bertz CT molecular complexity index is 434. The quantitative estimate of drug-likeness (QED) is 0.593. The van der Waals surface area contributed by atoms with Crippen LogP contribution in [0.1, 0.15) is 12.5 Å². The molecule has 0 N–H and O–H groups in total. The number of hydrogen-bond acceptors (Lipinski definition) is 3. The Labute approximate surface area is 89.8 Å². The number of carbonyl (C=O) groups excluding carboxylic acids is 1. The number of ketones is 1. The molecule has 0 aliphatic rings. The Balaban J connectivity index is 3.29. The van der Waals surface area contributed by atoms with Gasteiger partial charge in [-0.1, -0.05) is 11.6 Å². The number of nitro groups is 1. The van der Waals surface area contributed by atoms with Crippen LogP contribution in [0.5, 0.6) is 0 Å². The molecule has 1 rings (SSSR count). The van der Waals surface area contributed by atoms with Crippen LogP contribution in [0.4, 0.5) is 10.1 Å². The van der Waals surface area contributed by atoms with Gasteiger partial charge in [0.05, 0.1) is 4.92 Å². The topological polar surface area (TPSA) is 60.2 Å². The molecule has 4 nitrogen and oxygen atoms in total. The third kappa shape index (κ3) is 2.50. The number of halogens is 2. The van der Waals surface area contributed by atoms with Crippen molar-refractivity contribution in [3.63, 3.8) is 0 Å². The Hall–Kier alpha value is -1.49. The van der Waals surface area contributed by atoms with Gasteiger partial charge in [-0.15, -0.1) is 0 Å². The molecule has 15 heavy (non-hydrogen) atoms. The number of Topliss-reactive ketones (excluding diaryl/α,β-unsaturated/α-hetero) is 1. The predicted octanol–water partition coefficient (Wildman–Crippen LogP) is 2.52. The van der Waals surface area contributed by atoms with Crippen LogP contribution in [0.3, 0.4) is 0 Å². The maximum Gasteiger partial charge on any atom is 0.288 e. The molecule has 0 unspecified atom stereocenters. The number of rotatable bonds is 3. The van der Waals surface area contributed by atoms with Gasteiger partial charge in [-0.25, -0.2) is 4.39 Å². The standard InChI is InChI=1S/C9H7ClFNO3/c1-5(13)4-6-7(11)2-3-8(9(6)10)12(14)15/h2-3H,4H2,1H3. The fraction of sp³-hybridized carbons (Fsp3) is 0.222. The van der Waals surface area contributed by atoms with Crippen LogP contribution < -0.4 is 0 Å². The second-order valence-corrected chi connectivity index (χ2v) is 3.37. The number of nitrogens with zero attached hydrogens (tertiary/aromatic N) is 1. The van der Waals surface area contributed by atoms with Crippen molar-refractivity contribution in [1.29, 1.82) is 0 Å². The molecule has 0 radical (unpaired) electrons. The van der Waals surface area contributed by atoms with Gasteiger partial charge in [0.1, 0.15) is 16.6 Å². The average molecular weight is 232 g/mol. The average Bonchev–Trinajstić information content (AvgIpc) is 2.11. The molecule has 0 aromatic heterocycles. The molecule has 0 aliphatic carbocycles. The molecule has 0 amide bonds. The highest BCUT2D eigenvalue weighted by molar-refractivity contribution is 6.33. The van der Waals surface area contributed by atoms with Gasteiger partial charge >= 0.3 is 0 Å². The van der Waals surface area contributed by atoms with Gasteiger partial charge in [0.15, 0.2) is 0 Å². The summed E-state index contributed by atoms with van der Waals surface area (Å²) in [5.74, 6) is -1.02. The van der Waals surface area contributed by atoms with E-state index in [9.17, 15) is 19.3 Å². The van der Waals surface area contributed by atoms with Crippen molar-refractivity contribution in [1.82, 2.24) is 0 Å². The van der Waals surface area contributed by atoms with Crippen molar-refractivity contribution in [3.05, 3.63) is 38.7 Å². The molecule has 6 heteroatoms. The van der Waals surface area contributed by atoms with Crippen LogP contribution in [0.15, 0.2) is 12.1 Å². The summed E-state index contributed by atoms with van der Waals surface area (Å²) in [5.41, 5.74) is -0.521. The fourth-order valence-electron chi connectivity index (χ4n) is 1.14. The molecule has 0 atom stereocenters. The molecule has 0 aliphatic heterocycles. The summed E-state index contributed by atoms with van der Waals surface area (Å²) in [7, 11) is 0. The zero-order valence-corrected chi connectivity index (χ0v) is 8.55. The van der Waals surface area contributed by atoms with Crippen LogP contribution >= 0.6 is 11.6 Å². The monoisotopic (exact) mass is 231 g/mol. The van der Waals surface area contributed by atoms with E-state index in [1.54, 1.807) is 0 Å². The summed E-state index contributed by atoms with van der Waals surface area (Å²) in [4.78, 5) is 20.6. The van der Waals surface area contributed by atoms with E-state index in [0.717, 1.165) is 12.1 Å². The molecule has 1 aromatic carbocycles. The Kier molecular flexibility index (Phi) is 3.36. The lowest BCUT2D eigenvalue weighted by atomic mass is 10.1. The Morgan fingerprint density at radius 1 is 1.60 bits per heavy atom. The highest BCUT2D eigenvalue weighted by Gasteiger charge is 2.20. The van der Waals surface area contributed by atoms with Crippen molar-refractivity contribution < 1.29 is 14.1 Å². The summed E-state index contributed by atoms with van der Waals surface area (Å²) in [6, 6.07) is 1.91. The van der Waals surface area contributed by atoms with Crippen LogP contribution in [-0.4, -0.2) is 10.7 Å². The SMILES string of the molecule is CC(=O)Cc1c(F)ccc([N+](=O)[O-])c1Cl. The predicted molar refractivity (Wildman–Crippen MR) is 52.4 cm³/mol. The smallest absolute Gasteiger partial charge is 0.288 e. The molecular weight excluding hydrogens is 225 g/mol. The van der Waals surface area contributed by atoms with Crippen molar-refractivity contribution >= 4 is 23.1 Å². The zero-order chi connectivity index (χ0) is 11.6. The van der Waals surface area contributed by atoms with Crippen LogP contribution in [0, 0.1) is 15.9 Å². The fourth-order valence-corrected chi connectivity index (χ4v) is 1.43. The first-order valence-corrected chi connectivity index (χ1v) is 4.42. The lowest BCUT2D eigenvalue weighted by Crippen LogP contribution is -2.02. The lowest BCUT2D eigenvalue weighted by Gasteiger charge is -2.03. The minimum Gasteiger partial charge on any atom is -0.300 e. The highest BCUT2D eigenvalue weighted by Crippen LogP contribution is 2.30. The summed E-state index contributed by atoms with van der Waals surface area (Å²) in [6.45, 7) is 1.26. The van der Waals surface area contributed by atoms with Gasteiger partial charge in [0, 0.05) is 18.1 Å². The van der Waals surface area contributed by atoms with E-state index in [-0.39, 0.29) is 22.8 Å². The lowest BCUT2D eigenvalue weighted by molar-refractivity contribution is -0.384. The van der Waals surface area contributed by atoms with Crippen LogP contribution in [-0.2, 0) is 11.2 Å². The summed E-state index contributed by atoms with van der Waals surface area (Å²) in [5, 5.41) is 10.2. The third-order valence-electron chi connectivity index (χ3n) is 1.79. The minimum absolute atomic E-state index is 0.127. The third-order valence-corrected chi connectivity index (χ3v) is 2.21. The summed E-state index contributed by atoms with van der Waals surface area (Å²) < 4.78 is 13.2. The molecule has 80 valence electrons. The molecule has 0 saturated carbocycles. The van der Waals surface area contributed by atoms with Crippen molar-refractivity contribution in [2.75, 3.05) is 0 Å². The molecule has 0 spiro atoms. The minimum atomic E-state index is -0.717. The molecule has 0 fully saturated rings. The second kappa shape index (κ2) is 4.35. The van der Waals surface area contributed by atoms with Gasteiger partial charge in [-0.2, -0.15) is 0 Å². The van der Waals surface area contributed by atoms with Crippen molar-refractivity contribution in [2.24, 2.45) is 0 Å². The Morgan fingerprint density at radius 2 is 2.20 bits per heavy atom. The van der Waals surface area contributed by atoms with E-state index in [1.165, 1.54) is 6.92 Å². The molecular formula is C9H7ClFNO3. The normalized spacial score (nSPS) is 10.1. The van der Waals surface area contributed by atoms with Crippen molar-refractivity contribution in [2.45, 2.75) is 13.3 Å². The first-order valence-electron chi connectivity index (χ1n) is 4.04. The highest BCUT2D eigenvalue weighted by atomic mass is 35.5.